The molecule has 1 heterocycles. The van der Waals surface area contributed by atoms with Crippen molar-refractivity contribution < 1.29 is 4.79 Å². The zero-order chi connectivity index (χ0) is 11.5. The lowest BCUT2D eigenvalue weighted by atomic mass is 10.2. The third-order valence-electron chi connectivity index (χ3n) is 2.15. The van der Waals surface area contributed by atoms with Gasteiger partial charge in [0, 0.05) is 11.8 Å². The van der Waals surface area contributed by atoms with E-state index in [0.717, 1.165) is 5.56 Å². The van der Waals surface area contributed by atoms with Gasteiger partial charge in [0.25, 0.3) is 11.5 Å². The second kappa shape index (κ2) is 4.06. The van der Waals surface area contributed by atoms with Crippen LogP contribution >= 0.6 is 0 Å². The molecule has 0 spiro atoms. The highest BCUT2D eigenvalue weighted by Crippen LogP contribution is 2.09. The number of aryl methyl sites for hydroxylation is 1. The summed E-state index contributed by atoms with van der Waals surface area (Å²) in [7, 11) is 0. The van der Waals surface area contributed by atoms with Crippen molar-refractivity contribution in [2.24, 2.45) is 0 Å². The summed E-state index contributed by atoms with van der Waals surface area (Å²) in [5, 5.41) is 7.46. The van der Waals surface area contributed by atoms with Crippen molar-refractivity contribution in [1.29, 1.82) is 0 Å². The van der Waals surface area contributed by atoms with E-state index in [1.54, 1.807) is 12.1 Å². The van der Waals surface area contributed by atoms with Gasteiger partial charge >= 0.3 is 0 Å². The molecule has 3 N–H and O–H groups in total. The van der Waals surface area contributed by atoms with E-state index in [9.17, 15) is 9.59 Å². The van der Waals surface area contributed by atoms with Crippen LogP contribution in [0.3, 0.4) is 0 Å². The standard InChI is InChI=1S/C11H11N3O2/c1-7-2-4-8(5-3-7)12-11(16)9-6-10(15)14-13-9/h2-6H,1H3,(H,12,16)(H2,13,14,15). The van der Waals surface area contributed by atoms with Gasteiger partial charge in [0.15, 0.2) is 0 Å². The van der Waals surface area contributed by atoms with Gasteiger partial charge in [-0.2, -0.15) is 0 Å². The lowest BCUT2D eigenvalue weighted by Crippen LogP contribution is -2.12. The van der Waals surface area contributed by atoms with Crippen molar-refractivity contribution in [3.63, 3.8) is 0 Å². The Kier molecular flexibility index (Phi) is 2.59. The highest BCUT2D eigenvalue weighted by Gasteiger charge is 2.07. The number of hydrogen-bond acceptors (Lipinski definition) is 2. The van der Waals surface area contributed by atoms with Crippen molar-refractivity contribution in [1.82, 2.24) is 10.2 Å². The Hall–Kier alpha value is -2.30. The first-order valence-electron chi connectivity index (χ1n) is 4.81. The fourth-order valence-corrected chi connectivity index (χ4v) is 1.29. The molecule has 2 rings (SSSR count). The van der Waals surface area contributed by atoms with Gasteiger partial charge < -0.3 is 5.32 Å². The van der Waals surface area contributed by atoms with E-state index in [1.807, 2.05) is 19.1 Å². The Morgan fingerprint density at radius 2 is 1.88 bits per heavy atom. The van der Waals surface area contributed by atoms with Crippen molar-refractivity contribution in [2.75, 3.05) is 5.32 Å². The van der Waals surface area contributed by atoms with Gasteiger partial charge in [-0.15, -0.1) is 0 Å². The summed E-state index contributed by atoms with van der Waals surface area (Å²) in [4.78, 5) is 22.4. The maximum Gasteiger partial charge on any atom is 0.273 e. The van der Waals surface area contributed by atoms with Crippen LogP contribution in [-0.2, 0) is 0 Å². The van der Waals surface area contributed by atoms with Crippen LogP contribution in [0.1, 0.15) is 16.1 Å². The number of nitrogens with one attached hydrogen (secondary N) is 3. The van der Waals surface area contributed by atoms with Gasteiger partial charge in [0.2, 0.25) is 0 Å². The number of anilines is 1. The van der Waals surface area contributed by atoms with Crippen LogP contribution in [0.5, 0.6) is 0 Å². The minimum atomic E-state index is -0.345. The molecule has 1 amide bonds. The molecule has 0 radical (unpaired) electrons. The van der Waals surface area contributed by atoms with Gasteiger partial charge in [-0.25, -0.2) is 0 Å². The smallest absolute Gasteiger partial charge is 0.273 e. The van der Waals surface area contributed by atoms with E-state index in [0.29, 0.717) is 5.69 Å². The Morgan fingerprint density at radius 3 is 2.44 bits per heavy atom. The summed E-state index contributed by atoms with van der Waals surface area (Å²) in [6.07, 6.45) is 0. The van der Waals surface area contributed by atoms with Crippen molar-refractivity contribution >= 4 is 11.6 Å². The molecule has 82 valence electrons. The molecule has 5 nitrogen and oxygen atoms in total. The molecule has 5 heteroatoms. The third kappa shape index (κ3) is 2.20. The first-order valence-corrected chi connectivity index (χ1v) is 4.81. The van der Waals surface area contributed by atoms with Gasteiger partial charge in [-0.05, 0) is 19.1 Å². The molecule has 0 aliphatic carbocycles. The molecule has 0 atom stereocenters. The maximum atomic E-state index is 11.6. The molecular weight excluding hydrogens is 206 g/mol. The Morgan fingerprint density at radius 1 is 1.19 bits per heavy atom. The van der Waals surface area contributed by atoms with Crippen molar-refractivity contribution in [3.8, 4) is 0 Å². The van der Waals surface area contributed by atoms with E-state index in [-0.39, 0.29) is 17.2 Å². The van der Waals surface area contributed by atoms with Gasteiger partial charge in [0.05, 0.1) is 0 Å². The second-order valence-corrected chi connectivity index (χ2v) is 3.49. The molecule has 0 aliphatic rings. The van der Waals surface area contributed by atoms with Gasteiger partial charge in [-0.1, -0.05) is 17.7 Å². The topological polar surface area (TPSA) is 77.8 Å². The summed E-state index contributed by atoms with van der Waals surface area (Å²) in [6.45, 7) is 1.97. The van der Waals surface area contributed by atoms with Crippen LogP contribution in [0.25, 0.3) is 0 Å². The fraction of sp³-hybridized carbons (Fsp3) is 0.0909. The summed E-state index contributed by atoms with van der Waals surface area (Å²) in [6, 6.07) is 8.62. The molecule has 0 unspecified atom stereocenters. The molecule has 0 saturated heterocycles. The van der Waals surface area contributed by atoms with Crippen LogP contribution in [0, 0.1) is 6.92 Å². The first kappa shape index (κ1) is 10.2. The molecule has 0 saturated carbocycles. The summed E-state index contributed by atoms with van der Waals surface area (Å²) in [5.74, 6) is -0.345. The number of rotatable bonds is 2. The van der Waals surface area contributed by atoms with Crippen molar-refractivity contribution in [2.45, 2.75) is 6.92 Å². The largest absolute Gasteiger partial charge is 0.321 e. The molecule has 1 aromatic heterocycles. The second-order valence-electron chi connectivity index (χ2n) is 3.49. The summed E-state index contributed by atoms with van der Waals surface area (Å²) < 4.78 is 0. The maximum absolute atomic E-state index is 11.6. The van der Waals surface area contributed by atoms with E-state index >= 15 is 0 Å². The average Bonchev–Trinajstić information content (AvgIpc) is 2.68. The zero-order valence-corrected chi connectivity index (χ0v) is 8.70. The molecule has 16 heavy (non-hydrogen) atoms. The molecule has 0 bridgehead atoms. The summed E-state index contributed by atoms with van der Waals surface area (Å²) >= 11 is 0. The van der Waals surface area contributed by atoms with Crippen LogP contribution in [-0.4, -0.2) is 16.1 Å². The van der Waals surface area contributed by atoms with Crippen LogP contribution in [0.2, 0.25) is 0 Å². The van der Waals surface area contributed by atoms with Gasteiger partial charge in [0.1, 0.15) is 5.69 Å². The van der Waals surface area contributed by atoms with Gasteiger partial charge in [-0.3, -0.25) is 19.8 Å². The number of amides is 1. The number of carbonyl (C=O) groups is 1. The highest BCUT2D eigenvalue weighted by molar-refractivity contribution is 6.02. The van der Waals surface area contributed by atoms with Crippen LogP contribution in [0.15, 0.2) is 35.1 Å². The fourth-order valence-electron chi connectivity index (χ4n) is 1.29. The predicted octanol–water partition coefficient (Wildman–Crippen LogP) is 1.26. The quantitative estimate of drug-likeness (QED) is 0.708. The lowest BCUT2D eigenvalue weighted by molar-refractivity contribution is 0.102. The normalized spacial score (nSPS) is 10.1. The summed E-state index contributed by atoms with van der Waals surface area (Å²) in [5.41, 5.74) is 1.70. The zero-order valence-electron chi connectivity index (χ0n) is 8.70. The van der Waals surface area contributed by atoms with E-state index in [1.165, 1.54) is 6.07 Å². The minimum Gasteiger partial charge on any atom is -0.321 e. The number of H-pyrrole nitrogens is 2. The van der Waals surface area contributed by atoms with E-state index < -0.39 is 0 Å². The Balaban J connectivity index is 2.13. The SMILES string of the molecule is Cc1ccc(NC(=O)c2cc(=O)[nH][nH]2)cc1. The molecule has 2 aromatic rings. The number of hydrogen-bond donors (Lipinski definition) is 3. The average molecular weight is 217 g/mol. The predicted molar refractivity (Wildman–Crippen MR) is 60.5 cm³/mol. The van der Waals surface area contributed by atoms with E-state index in [4.69, 9.17) is 0 Å². The minimum absolute atomic E-state index is 0.213. The number of aromatic amines is 2. The highest BCUT2D eigenvalue weighted by atomic mass is 16.2. The lowest BCUT2D eigenvalue weighted by Gasteiger charge is -2.03. The first-order chi connectivity index (χ1) is 7.65. The Labute approximate surface area is 91.5 Å². The number of aromatic nitrogens is 2. The van der Waals surface area contributed by atoms with Crippen LogP contribution in [0.4, 0.5) is 5.69 Å². The van der Waals surface area contributed by atoms with Crippen molar-refractivity contribution in [3.05, 3.63) is 51.9 Å². The molecular formula is C11H11N3O2. The Bertz CT molecular complexity index is 551. The monoisotopic (exact) mass is 217 g/mol. The van der Waals surface area contributed by atoms with Crippen LogP contribution < -0.4 is 10.9 Å². The number of benzene rings is 1. The molecule has 1 aromatic carbocycles. The number of carbonyl (C=O) groups excluding carboxylic acids is 1. The molecule has 0 aliphatic heterocycles. The third-order valence-corrected chi connectivity index (χ3v) is 2.15. The van der Waals surface area contributed by atoms with E-state index in [2.05, 4.69) is 15.5 Å². The molecule has 0 fully saturated rings.